The third kappa shape index (κ3) is 2.18. The number of hydrogen-bond acceptors (Lipinski definition) is 5. The van der Waals surface area contributed by atoms with Crippen LogP contribution in [-0.4, -0.2) is 45.2 Å². The van der Waals surface area contributed by atoms with Crippen molar-refractivity contribution in [2.75, 3.05) is 6.61 Å². The quantitative estimate of drug-likeness (QED) is 0.570. The van der Waals surface area contributed by atoms with Crippen LogP contribution in [0.1, 0.15) is 22.9 Å². The molecule has 0 bridgehead atoms. The average molecular weight is 273 g/mol. The molecule has 19 heavy (non-hydrogen) atoms. The van der Waals surface area contributed by atoms with E-state index in [0.29, 0.717) is 0 Å². The zero-order valence-corrected chi connectivity index (χ0v) is 10.6. The highest BCUT2D eigenvalue weighted by Crippen LogP contribution is 2.35. The van der Waals surface area contributed by atoms with Gasteiger partial charge in [0.15, 0.2) is 0 Å². The van der Waals surface area contributed by atoms with Crippen molar-refractivity contribution in [3.63, 3.8) is 0 Å². The summed E-state index contributed by atoms with van der Waals surface area (Å²) in [7, 11) is 0. The van der Waals surface area contributed by atoms with Gasteiger partial charge in [-0.1, -0.05) is 0 Å². The number of halogens is 1. The summed E-state index contributed by atoms with van der Waals surface area (Å²) in [5, 5.41) is 28.6. The van der Waals surface area contributed by atoms with Crippen LogP contribution in [0.3, 0.4) is 0 Å². The molecule has 1 fully saturated rings. The topological polar surface area (TPSA) is 103 Å². The number of aromatic amines is 1. The van der Waals surface area contributed by atoms with Gasteiger partial charge in [-0.15, -0.1) is 0 Å². The van der Waals surface area contributed by atoms with Gasteiger partial charge in [0.2, 0.25) is 0 Å². The minimum atomic E-state index is -1.37. The number of hydrogen-bond donors (Lipinski definition) is 4. The van der Waals surface area contributed by atoms with Gasteiger partial charge in [-0.25, -0.2) is 4.39 Å². The summed E-state index contributed by atoms with van der Waals surface area (Å²) in [6, 6.07) is 0. The van der Waals surface area contributed by atoms with E-state index in [1.807, 2.05) is 0 Å². The Hall–Kier alpha value is -1.28. The maximum absolute atomic E-state index is 14.2. The van der Waals surface area contributed by atoms with Crippen LogP contribution in [0.2, 0.25) is 0 Å². The van der Waals surface area contributed by atoms with Gasteiger partial charge in [0, 0.05) is 11.3 Å². The average Bonchev–Trinajstić information content (AvgIpc) is 2.64. The molecule has 1 aliphatic rings. The predicted octanol–water partition coefficient (Wildman–Crippen LogP) is -0.715. The summed E-state index contributed by atoms with van der Waals surface area (Å²) in [6.45, 7) is 2.31. The Bertz CT molecular complexity index is 544. The van der Waals surface area contributed by atoms with Crippen molar-refractivity contribution in [2.45, 2.75) is 38.3 Å². The number of rotatable bonds is 2. The standard InChI is InChI=1S/C12H16FNO5/c1-4-8(13)7(5(2)14-12(4)18)11-10(17)9(16)6(3-15)19-11/h6,9-11,15-17H,3H2,1-2H3,(H,14,18)/t6-,9?,10?,11+/m1/s1. The number of ether oxygens (including phenoxy) is 1. The number of aliphatic hydroxyl groups excluding tert-OH is 3. The molecule has 1 saturated heterocycles. The Labute approximate surface area is 108 Å². The predicted molar refractivity (Wildman–Crippen MR) is 63.2 cm³/mol. The molecule has 4 N–H and O–H groups in total. The van der Waals surface area contributed by atoms with Gasteiger partial charge in [0.25, 0.3) is 5.56 Å². The van der Waals surface area contributed by atoms with Crippen molar-refractivity contribution in [1.29, 1.82) is 0 Å². The van der Waals surface area contributed by atoms with Crippen molar-refractivity contribution in [2.24, 2.45) is 0 Å². The van der Waals surface area contributed by atoms with E-state index < -0.39 is 42.4 Å². The van der Waals surface area contributed by atoms with Crippen molar-refractivity contribution >= 4 is 0 Å². The van der Waals surface area contributed by atoms with Crippen LogP contribution in [0.5, 0.6) is 0 Å². The largest absolute Gasteiger partial charge is 0.394 e. The second kappa shape index (κ2) is 5.01. The van der Waals surface area contributed by atoms with Crippen molar-refractivity contribution < 1.29 is 24.4 Å². The van der Waals surface area contributed by atoms with Crippen LogP contribution in [0.4, 0.5) is 4.39 Å². The highest BCUT2D eigenvalue weighted by molar-refractivity contribution is 5.30. The van der Waals surface area contributed by atoms with Crippen molar-refractivity contribution in [1.82, 2.24) is 4.98 Å². The molecule has 106 valence electrons. The molecule has 4 atom stereocenters. The monoisotopic (exact) mass is 273 g/mol. The number of aromatic nitrogens is 1. The summed E-state index contributed by atoms with van der Waals surface area (Å²) in [5.41, 5.74) is -0.439. The number of aliphatic hydroxyl groups is 3. The number of pyridine rings is 1. The van der Waals surface area contributed by atoms with Crippen LogP contribution in [0, 0.1) is 19.7 Å². The zero-order chi connectivity index (χ0) is 14.3. The SMILES string of the molecule is Cc1[nH]c(=O)c(C)c(F)c1[C@@H]1O[C@H](CO)C(O)C1O. The second-order valence-electron chi connectivity index (χ2n) is 4.69. The van der Waals surface area contributed by atoms with Crippen LogP contribution in [0.25, 0.3) is 0 Å². The summed E-state index contributed by atoms with van der Waals surface area (Å²) in [5.74, 6) is -0.768. The summed E-state index contributed by atoms with van der Waals surface area (Å²) >= 11 is 0. The zero-order valence-electron chi connectivity index (χ0n) is 10.6. The number of H-pyrrole nitrogens is 1. The molecule has 7 heteroatoms. The van der Waals surface area contributed by atoms with E-state index in [4.69, 9.17) is 9.84 Å². The van der Waals surface area contributed by atoms with Crippen LogP contribution in [-0.2, 0) is 4.74 Å². The number of aryl methyl sites for hydroxylation is 1. The fourth-order valence-corrected chi connectivity index (χ4v) is 2.27. The molecule has 0 aliphatic carbocycles. The smallest absolute Gasteiger partial charge is 0.254 e. The summed E-state index contributed by atoms with van der Waals surface area (Å²) < 4.78 is 19.4. The normalized spacial score (nSPS) is 30.8. The minimum Gasteiger partial charge on any atom is -0.394 e. The van der Waals surface area contributed by atoms with E-state index in [0.717, 1.165) is 0 Å². The first-order valence-electron chi connectivity index (χ1n) is 5.89. The van der Waals surface area contributed by atoms with E-state index in [1.165, 1.54) is 13.8 Å². The third-order valence-corrected chi connectivity index (χ3v) is 3.44. The Morgan fingerprint density at radius 1 is 1.32 bits per heavy atom. The molecular weight excluding hydrogens is 257 g/mol. The Kier molecular flexibility index (Phi) is 3.73. The summed E-state index contributed by atoms with van der Waals surface area (Å²) in [6.07, 6.45) is -4.77. The van der Waals surface area contributed by atoms with E-state index in [2.05, 4.69) is 4.98 Å². The Morgan fingerprint density at radius 3 is 2.47 bits per heavy atom. The van der Waals surface area contributed by atoms with Crippen LogP contribution in [0.15, 0.2) is 4.79 Å². The molecular formula is C12H16FNO5. The molecule has 0 saturated carbocycles. The first-order chi connectivity index (χ1) is 8.88. The highest BCUT2D eigenvalue weighted by atomic mass is 19.1. The Balaban J connectivity index is 2.49. The van der Waals surface area contributed by atoms with Gasteiger partial charge >= 0.3 is 0 Å². The fourth-order valence-electron chi connectivity index (χ4n) is 2.27. The second-order valence-corrected chi connectivity index (χ2v) is 4.69. The maximum atomic E-state index is 14.2. The first kappa shape index (κ1) is 14.1. The van der Waals surface area contributed by atoms with E-state index >= 15 is 0 Å². The van der Waals surface area contributed by atoms with E-state index in [-0.39, 0.29) is 16.8 Å². The fraction of sp³-hybridized carbons (Fsp3) is 0.583. The molecule has 1 aromatic rings. The maximum Gasteiger partial charge on any atom is 0.254 e. The molecule has 2 rings (SSSR count). The molecule has 0 aromatic carbocycles. The molecule has 0 radical (unpaired) electrons. The van der Waals surface area contributed by atoms with Crippen molar-refractivity contribution in [3.05, 3.63) is 33.0 Å². The van der Waals surface area contributed by atoms with Gasteiger partial charge in [-0.05, 0) is 13.8 Å². The van der Waals surface area contributed by atoms with E-state index in [9.17, 15) is 19.4 Å². The van der Waals surface area contributed by atoms with Crippen LogP contribution < -0.4 is 5.56 Å². The minimum absolute atomic E-state index is 0.000370. The van der Waals surface area contributed by atoms with Gasteiger partial charge in [-0.3, -0.25) is 4.79 Å². The molecule has 2 unspecified atom stereocenters. The molecule has 1 aromatic heterocycles. The van der Waals surface area contributed by atoms with Crippen LogP contribution >= 0.6 is 0 Å². The lowest BCUT2D eigenvalue weighted by atomic mass is 9.98. The first-order valence-corrected chi connectivity index (χ1v) is 5.89. The number of nitrogens with one attached hydrogen (secondary N) is 1. The Morgan fingerprint density at radius 2 is 1.95 bits per heavy atom. The summed E-state index contributed by atoms with van der Waals surface area (Å²) in [4.78, 5) is 13.9. The third-order valence-electron chi connectivity index (χ3n) is 3.44. The van der Waals surface area contributed by atoms with E-state index in [1.54, 1.807) is 0 Å². The molecule has 0 amide bonds. The lowest BCUT2D eigenvalue weighted by Gasteiger charge is -2.18. The molecule has 6 nitrogen and oxygen atoms in total. The van der Waals surface area contributed by atoms with Gasteiger partial charge in [0.1, 0.15) is 30.2 Å². The molecule has 1 aliphatic heterocycles. The lowest BCUT2D eigenvalue weighted by Crippen LogP contribution is -2.32. The molecule has 2 heterocycles. The molecule has 0 spiro atoms. The highest BCUT2D eigenvalue weighted by Gasteiger charge is 2.45. The van der Waals surface area contributed by atoms with Gasteiger partial charge in [0.05, 0.1) is 12.2 Å². The lowest BCUT2D eigenvalue weighted by molar-refractivity contribution is -0.0240. The van der Waals surface area contributed by atoms with Gasteiger partial charge < -0.3 is 25.0 Å². The van der Waals surface area contributed by atoms with Crippen molar-refractivity contribution in [3.8, 4) is 0 Å². The van der Waals surface area contributed by atoms with Gasteiger partial charge in [-0.2, -0.15) is 0 Å².